The van der Waals surface area contributed by atoms with Crippen molar-refractivity contribution < 1.29 is 9.47 Å². The number of methoxy groups -OCH3 is 2. The van der Waals surface area contributed by atoms with Gasteiger partial charge >= 0.3 is 0 Å². The predicted octanol–water partition coefficient (Wildman–Crippen LogP) is 3.85. The first-order valence-corrected chi connectivity index (χ1v) is 8.52. The van der Waals surface area contributed by atoms with Gasteiger partial charge in [0, 0.05) is 23.5 Å². The van der Waals surface area contributed by atoms with Gasteiger partial charge in [0.15, 0.2) is 11.5 Å². The van der Waals surface area contributed by atoms with E-state index in [1.807, 2.05) is 48.0 Å². The number of rotatable bonds is 4. The van der Waals surface area contributed by atoms with Crippen LogP contribution in [0.3, 0.4) is 0 Å². The number of aromatic nitrogens is 4. The molecule has 0 fully saturated rings. The van der Waals surface area contributed by atoms with Crippen LogP contribution < -0.4 is 9.47 Å². The molecule has 7 heteroatoms. The number of hydrogen-bond donors (Lipinski definition) is 0. The fraction of sp³-hybridized carbons (Fsp3) is 0.167. The Balaban J connectivity index is 1.78. The fourth-order valence-electron chi connectivity index (χ4n) is 2.71. The molecule has 0 saturated carbocycles. The summed E-state index contributed by atoms with van der Waals surface area (Å²) in [6, 6.07) is 9.68. The van der Waals surface area contributed by atoms with Gasteiger partial charge in [-0.1, -0.05) is 11.3 Å². The molecular formula is C18H16N4O2S. The number of imidazole rings is 1. The van der Waals surface area contributed by atoms with Gasteiger partial charge < -0.3 is 9.47 Å². The Morgan fingerprint density at radius 2 is 1.88 bits per heavy atom. The quantitative estimate of drug-likeness (QED) is 0.558. The number of ether oxygens (including phenoxy) is 2. The van der Waals surface area contributed by atoms with E-state index in [1.54, 1.807) is 20.4 Å². The van der Waals surface area contributed by atoms with Crippen molar-refractivity contribution in [2.24, 2.45) is 0 Å². The molecule has 6 nitrogen and oxygen atoms in total. The Morgan fingerprint density at radius 3 is 2.56 bits per heavy atom. The average molecular weight is 352 g/mol. The second kappa shape index (κ2) is 6.18. The van der Waals surface area contributed by atoms with E-state index in [0.717, 1.165) is 32.5 Å². The third kappa shape index (κ3) is 2.62. The van der Waals surface area contributed by atoms with Gasteiger partial charge in [-0.25, -0.2) is 9.50 Å². The fourth-order valence-corrected chi connectivity index (χ4v) is 3.65. The summed E-state index contributed by atoms with van der Waals surface area (Å²) in [5.41, 5.74) is 3.86. The standard InChI is InChI=1S/C18H16N4O2S/c1-11-16(13-5-4-8-19-10-13)20-18-22(11)21-17(25-18)12-6-7-14(23-2)15(9-12)24-3/h4-10H,1-3H3. The molecule has 0 unspecified atom stereocenters. The molecule has 0 bridgehead atoms. The molecule has 3 heterocycles. The number of aryl methyl sites for hydroxylation is 1. The molecule has 0 aliphatic heterocycles. The zero-order valence-corrected chi connectivity index (χ0v) is 14.9. The van der Waals surface area contributed by atoms with Gasteiger partial charge in [-0.2, -0.15) is 5.10 Å². The summed E-state index contributed by atoms with van der Waals surface area (Å²) in [5, 5.41) is 5.59. The highest BCUT2D eigenvalue weighted by Crippen LogP contribution is 2.35. The first-order chi connectivity index (χ1) is 12.2. The van der Waals surface area contributed by atoms with Crippen LogP contribution in [-0.2, 0) is 0 Å². The van der Waals surface area contributed by atoms with Crippen molar-refractivity contribution in [3.8, 4) is 33.3 Å². The molecular weight excluding hydrogens is 336 g/mol. The number of benzene rings is 1. The first-order valence-electron chi connectivity index (χ1n) is 7.70. The van der Waals surface area contributed by atoms with Crippen LogP contribution in [0.25, 0.3) is 26.8 Å². The van der Waals surface area contributed by atoms with Gasteiger partial charge in [0.2, 0.25) is 4.96 Å². The van der Waals surface area contributed by atoms with Gasteiger partial charge in [-0.05, 0) is 37.3 Å². The van der Waals surface area contributed by atoms with Gasteiger partial charge in [-0.3, -0.25) is 4.98 Å². The highest BCUT2D eigenvalue weighted by Gasteiger charge is 2.16. The Labute approximate surface area is 148 Å². The lowest BCUT2D eigenvalue weighted by Crippen LogP contribution is -1.92. The summed E-state index contributed by atoms with van der Waals surface area (Å²) in [6.07, 6.45) is 3.57. The number of nitrogens with zero attached hydrogens (tertiary/aromatic N) is 4. The van der Waals surface area contributed by atoms with Crippen LogP contribution in [0.5, 0.6) is 11.5 Å². The van der Waals surface area contributed by atoms with Crippen molar-refractivity contribution in [1.82, 2.24) is 19.6 Å². The second-order valence-electron chi connectivity index (χ2n) is 5.46. The summed E-state index contributed by atoms with van der Waals surface area (Å²) >= 11 is 1.54. The Morgan fingerprint density at radius 1 is 1.04 bits per heavy atom. The molecule has 4 rings (SSSR count). The third-order valence-electron chi connectivity index (χ3n) is 3.99. The first kappa shape index (κ1) is 15.6. The van der Waals surface area contributed by atoms with Gasteiger partial charge in [-0.15, -0.1) is 0 Å². The molecule has 0 amide bonds. The maximum Gasteiger partial charge on any atom is 0.213 e. The van der Waals surface area contributed by atoms with E-state index >= 15 is 0 Å². The zero-order valence-electron chi connectivity index (χ0n) is 14.1. The molecule has 3 aromatic heterocycles. The van der Waals surface area contributed by atoms with E-state index in [-0.39, 0.29) is 0 Å². The largest absolute Gasteiger partial charge is 0.493 e. The molecule has 0 atom stereocenters. The molecule has 0 aliphatic carbocycles. The molecule has 0 aliphatic rings. The predicted molar refractivity (Wildman–Crippen MR) is 97.4 cm³/mol. The molecule has 1 aromatic carbocycles. The van der Waals surface area contributed by atoms with Crippen molar-refractivity contribution in [2.45, 2.75) is 6.92 Å². The van der Waals surface area contributed by atoms with Crippen LogP contribution in [0.1, 0.15) is 5.69 Å². The highest BCUT2D eigenvalue weighted by atomic mass is 32.1. The molecule has 0 radical (unpaired) electrons. The Kier molecular flexibility index (Phi) is 3.85. The lowest BCUT2D eigenvalue weighted by molar-refractivity contribution is 0.355. The van der Waals surface area contributed by atoms with Crippen LogP contribution in [0.2, 0.25) is 0 Å². The van der Waals surface area contributed by atoms with Crippen molar-refractivity contribution in [3.05, 3.63) is 48.4 Å². The molecule has 126 valence electrons. The summed E-state index contributed by atoms with van der Waals surface area (Å²) in [7, 11) is 3.25. The number of hydrogen-bond acceptors (Lipinski definition) is 6. The molecule has 0 spiro atoms. The average Bonchev–Trinajstić information content (AvgIpc) is 3.21. The monoisotopic (exact) mass is 352 g/mol. The van der Waals surface area contributed by atoms with Crippen molar-refractivity contribution >= 4 is 16.3 Å². The minimum absolute atomic E-state index is 0.681. The van der Waals surface area contributed by atoms with Gasteiger partial charge in [0.05, 0.1) is 25.6 Å². The summed E-state index contributed by atoms with van der Waals surface area (Å²) in [6.45, 7) is 2.01. The Hall–Kier alpha value is -2.93. The minimum Gasteiger partial charge on any atom is -0.493 e. The minimum atomic E-state index is 0.681. The van der Waals surface area contributed by atoms with Crippen molar-refractivity contribution in [1.29, 1.82) is 0 Å². The van der Waals surface area contributed by atoms with Crippen LogP contribution >= 0.6 is 11.3 Å². The van der Waals surface area contributed by atoms with E-state index in [0.29, 0.717) is 11.5 Å². The summed E-state index contributed by atoms with van der Waals surface area (Å²) < 4.78 is 12.5. The van der Waals surface area contributed by atoms with E-state index < -0.39 is 0 Å². The van der Waals surface area contributed by atoms with Crippen molar-refractivity contribution in [3.63, 3.8) is 0 Å². The molecule has 0 N–H and O–H groups in total. The topological polar surface area (TPSA) is 61.5 Å². The van der Waals surface area contributed by atoms with Crippen LogP contribution in [0, 0.1) is 6.92 Å². The highest BCUT2D eigenvalue weighted by molar-refractivity contribution is 7.19. The van der Waals surface area contributed by atoms with Crippen LogP contribution in [0.4, 0.5) is 0 Å². The van der Waals surface area contributed by atoms with Gasteiger partial charge in [0.1, 0.15) is 5.01 Å². The molecule has 4 aromatic rings. The van der Waals surface area contributed by atoms with E-state index in [2.05, 4.69) is 4.98 Å². The van der Waals surface area contributed by atoms with E-state index in [9.17, 15) is 0 Å². The maximum atomic E-state index is 5.38. The third-order valence-corrected chi connectivity index (χ3v) is 4.95. The lowest BCUT2D eigenvalue weighted by Gasteiger charge is -2.07. The second-order valence-corrected chi connectivity index (χ2v) is 6.41. The number of fused-ring (bicyclic) bond motifs is 1. The van der Waals surface area contributed by atoms with Crippen molar-refractivity contribution in [2.75, 3.05) is 14.2 Å². The normalized spacial score (nSPS) is 11.0. The zero-order chi connectivity index (χ0) is 17.4. The Bertz CT molecular complexity index is 1040. The molecule has 25 heavy (non-hydrogen) atoms. The van der Waals surface area contributed by atoms with Crippen LogP contribution in [-0.4, -0.2) is 33.8 Å². The van der Waals surface area contributed by atoms with Crippen LogP contribution in [0.15, 0.2) is 42.7 Å². The number of pyridine rings is 1. The summed E-state index contributed by atoms with van der Waals surface area (Å²) in [4.78, 5) is 9.74. The smallest absolute Gasteiger partial charge is 0.213 e. The lowest BCUT2D eigenvalue weighted by atomic mass is 10.2. The SMILES string of the molecule is COc1ccc(-c2nn3c(C)c(-c4cccnc4)nc3s2)cc1OC. The maximum absolute atomic E-state index is 5.38. The summed E-state index contributed by atoms with van der Waals surface area (Å²) in [5.74, 6) is 1.38. The van der Waals surface area contributed by atoms with E-state index in [1.165, 1.54) is 11.3 Å². The molecule has 0 saturated heterocycles. The van der Waals surface area contributed by atoms with E-state index in [4.69, 9.17) is 19.6 Å². The van der Waals surface area contributed by atoms with Gasteiger partial charge in [0.25, 0.3) is 0 Å².